The molecule has 0 spiro atoms. The van der Waals surface area contributed by atoms with Gasteiger partial charge in [-0.15, -0.1) is 0 Å². The van der Waals surface area contributed by atoms with E-state index in [1.165, 1.54) is 44.9 Å². The molecular formula is C49H94O17P2. The van der Waals surface area contributed by atoms with Crippen LogP contribution in [0.4, 0.5) is 0 Å². The van der Waals surface area contributed by atoms with Crippen molar-refractivity contribution < 1.29 is 80.2 Å². The lowest BCUT2D eigenvalue weighted by Crippen LogP contribution is -2.30. The van der Waals surface area contributed by atoms with Gasteiger partial charge in [-0.3, -0.25) is 37.3 Å². The zero-order valence-corrected chi connectivity index (χ0v) is 44.3. The molecule has 0 aromatic carbocycles. The number of esters is 4. The van der Waals surface area contributed by atoms with Crippen LogP contribution in [0, 0.1) is 0 Å². The predicted molar refractivity (Wildman–Crippen MR) is 262 cm³/mol. The third-order valence-corrected chi connectivity index (χ3v) is 13.0. The highest BCUT2D eigenvalue weighted by Crippen LogP contribution is 2.45. The fourth-order valence-electron chi connectivity index (χ4n) is 6.98. The summed E-state index contributed by atoms with van der Waals surface area (Å²) < 4.78 is 66.8. The maximum Gasteiger partial charge on any atom is 0.472 e. The first-order chi connectivity index (χ1) is 32.7. The van der Waals surface area contributed by atoms with E-state index in [0.29, 0.717) is 25.7 Å². The van der Waals surface area contributed by atoms with Crippen LogP contribution >= 0.6 is 15.6 Å². The molecule has 0 aromatic rings. The van der Waals surface area contributed by atoms with Gasteiger partial charge < -0.3 is 33.8 Å². The first-order valence-electron chi connectivity index (χ1n) is 26.3. The van der Waals surface area contributed by atoms with Crippen LogP contribution in [0.5, 0.6) is 0 Å². The minimum atomic E-state index is -4.92. The number of phosphoric acid groups is 2. The molecule has 0 amide bonds. The molecule has 0 aliphatic heterocycles. The number of aliphatic hydroxyl groups is 1. The molecule has 0 aliphatic rings. The van der Waals surface area contributed by atoms with Crippen LogP contribution in [0.25, 0.3) is 0 Å². The Hall–Kier alpha value is -1.94. The highest BCUT2D eigenvalue weighted by Gasteiger charge is 2.30. The van der Waals surface area contributed by atoms with Crippen LogP contribution in [0.15, 0.2) is 0 Å². The Labute approximate surface area is 409 Å². The predicted octanol–water partition coefficient (Wildman–Crippen LogP) is 12.1. The molecule has 68 heavy (non-hydrogen) atoms. The Balaban J connectivity index is 5.13. The van der Waals surface area contributed by atoms with E-state index in [-0.39, 0.29) is 25.7 Å². The molecule has 0 fully saturated rings. The van der Waals surface area contributed by atoms with Crippen LogP contribution in [0.2, 0.25) is 0 Å². The quantitative estimate of drug-likeness (QED) is 0.0222. The van der Waals surface area contributed by atoms with Crippen molar-refractivity contribution in [3.8, 4) is 0 Å². The summed E-state index contributed by atoms with van der Waals surface area (Å²) in [6.07, 6.45) is 24.7. The van der Waals surface area contributed by atoms with E-state index >= 15 is 0 Å². The number of carbonyl (C=O) groups excluding carboxylic acids is 4. The van der Waals surface area contributed by atoms with Crippen molar-refractivity contribution in [2.24, 2.45) is 0 Å². The average molecular weight is 1020 g/mol. The summed E-state index contributed by atoms with van der Waals surface area (Å²) in [5, 5.41) is 10.4. The Morgan fingerprint density at radius 1 is 0.353 bits per heavy atom. The van der Waals surface area contributed by atoms with Crippen molar-refractivity contribution in [1.29, 1.82) is 0 Å². The summed E-state index contributed by atoms with van der Waals surface area (Å²) in [5.74, 6) is -2.18. The third kappa shape index (κ3) is 44.0. The lowest BCUT2D eigenvalue weighted by molar-refractivity contribution is -0.161. The van der Waals surface area contributed by atoms with E-state index in [1.54, 1.807) is 0 Å². The zero-order chi connectivity index (χ0) is 50.6. The van der Waals surface area contributed by atoms with E-state index in [4.69, 9.17) is 37.0 Å². The van der Waals surface area contributed by atoms with E-state index < -0.39 is 97.5 Å². The van der Waals surface area contributed by atoms with Gasteiger partial charge in [0.15, 0.2) is 12.2 Å². The number of aliphatic hydroxyl groups excluding tert-OH is 1. The first-order valence-corrected chi connectivity index (χ1v) is 29.3. The monoisotopic (exact) mass is 1020 g/mol. The normalized spacial score (nSPS) is 14.6. The molecule has 5 atom stereocenters. The van der Waals surface area contributed by atoms with E-state index in [1.807, 2.05) is 0 Å². The number of phosphoric ester groups is 2. The van der Waals surface area contributed by atoms with Crippen LogP contribution in [0.3, 0.4) is 0 Å². The van der Waals surface area contributed by atoms with Gasteiger partial charge >= 0.3 is 39.5 Å². The van der Waals surface area contributed by atoms with Gasteiger partial charge in [0.1, 0.15) is 19.3 Å². The molecule has 0 heterocycles. The molecule has 2 unspecified atom stereocenters. The molecular weight excluding hydrogens is 922 g/mol. The molecule has 0 radical (unpaired) electrons. The summed E-state index contributed by atoms with van der Waals surface area (Å²) in [6.45, 7) is 4.55. The first kappa shape index (κ1) is 66.1. The summed E-state index contributed by atoms with van der Waals surface area (Å²) in [7, 11) is -9.83. The zero-order valence-electron chi connectivity index (χ0n) is 42.6. The average Bonchev–Trinajstić information content (AvgIpc) is 3.30. The molecule has 0 saturated heterocycles. The summed E-state index contributed by atoms with van der Waals surface area (Å²) in [4.78, 5) is 70.8. The number of rotatable bonds is 50. The number of unbranched alkanes of at least 4 members (excludes halogenated alkanes) is 24. The summed E-state index contributed by atoms with van der Waals surface area (Å²) in [5.41, 5.74) is 0. The van der Waals surface area contributed by atoms with Gasteiger partial charge in [-0.1, -0.05) is 182 Å². The maximum atomic E-state index is 12.8. The Morgan fingerprint density at radius 3 is 0.868 bits per heavy atom. The molecule has 402 valence electrons. The lowest BCUT2D eigenvalue weighted by atomic mass is 10.1. The summed E-state index contributed by atoms with van der Waals surface area (Å²) >= 11 is 0. The number of ether oxygens (including phenoxy) is 4. The molecule has 0 bridgehead atoms. The number of hydrogen-bond acceptors (Lipinski definition) is 15. The molecule has 0 saturated carbocycles. The van der Waals surface area contributed by atoms with Crippen molar-refractivity contribution in [2.75, 3.05) is 39.6 Å². The van der Waals surface area contributed by atoms with Gasteiger partial charge in [-0.25, -0.2) is 9.13 Å². The van der Waals surface area contributed by atoms with E-state index in [9.17, 15) is 43.2 Å². The maximum absolute atomic E-state index is 12.8. The van der Waals surface area contributed by atoms with Crippen LogP contribution < -0.4 is 0 Å². The molecule has 0 rings (SSSR count). The fourth-order valence-corrected chi connectivity index (χ4v) is 8.56. The van der Waals surface area contributed by atoms with Gasteiger partial charge in [-0.05, 0) is 25.7 Å². The Bertz CT molecular complexity index is 1350. The number of carbonyl (C=O) groups is 4. The van der Waals surface area contributed by atoms with Crippen molar-refractivity contribution in [3.63, 3.8) is 0 Å². The van der Waals surface area contributed by atoms with Crippen LogP contribution in [-0.4, -0.2) is 96.7 Å². The van der Waals surface area contributed by atoms with Crippen LogP contribution in [-0.2, 0) is 65.4 Å². The van der Waals surface area contributed by atoms with Crippen LogP contribution in [0.1, 0.15) is 233 Å². The largest absolute Gasteiger partial charge is 0.472 e. The second-order valence-corrected chi connectivity index (χ2v) is 20.8. The van der Waals surface area contributed by atoms with Gasteiger partial charge in [0.05, 0.1) is 26.4 Å². The fraction of sp³-hybridized carbons (Fsp3) is 0.918. The number of hydrogen-bond donors (Lipinski definition) is 3. The molecule has 0 aromatic heterocycles. The smallest absolute Gasteiger partial charge is 0.462 e. The second kappa shape index (κ2) is 45.0. The van der Waals surface area contributed by atoms with Crippen molar-refractivity contribution in [1.82, 2.24) is 0 Å². The van der Waals surface area contributed by atoms with E-state index in [2.05, 4.69) is 27.7 Å². The minimum absolute atomic E-state index is 0.0988. The lowest BCUT2D eigenvalue weighted by Gasteiger charge is -2.21. The van der Waals surface area contributed by atoms with E-state index in [0.717, 1.165) is 109 Å². The highest BCUT2D eigenvalue weighted by molar-refractivity contribution is 7.47. The SMILES string of the molecule is CCCCCCCCCCCCCC(=O)O[C@H](COC(=O)CCCCCCCCC)COP(=O)(O)OC[C@@H](O)COP(=O)(O)OC[C@@H](COC(=O)CCCCCCC)OC(=O)CCCCCCC. The standard InChI is InChI=1S/C49H94O17P2/c1-5-9-13-17-19-20-21-22-24-28-32-36-49(54)66-45(40-60-47(52)34-30-27-23-18-14-10-6-2)42-64-68(57,58)62-38-43(50)37-61-67(55,56)63-41-44(65-48(53)35-31-26-16-12-8-4)39-59-46(51)33-29-25-15-11-7-3/h43-45,50H,5-42H2,1-4H3,(H,55,56)(H,57,58)/t43-,44+,45+/m0/s1. The van der Waals surface area contributed by atoms with Gasteiger partial charge in [0.25, 0.3) is 0 Å². The highest BCUT2D eigenvalue weighted by atomic mass is 31.2. The van der Waals surface area contributed by atoms with Gasteiger partial charge in [-0.2, -0.15) is 0 Å². The van der Waals surface area contributed by atoms with Crippen molar-refractivity contribution in [2.45, 2.75) is 251 Å². The van der Waals surface area contributed by atoms with Crippen molar-refractivity contribution >= 4 is 39.5 Å². The Morgan fingerprint density at radius 2 is 0.588 bits per heavy atom. The molecule has 0 aliphatic carbocycles. The van der Waals surface area contributed by atoms with Gasteiger partial charge in [0, 0.05) is 25.7 Å². The van der Waals surface area contributed by atoms with Crippen molar-refractivity contribution in [3.05, 3.63) is 0 Å². The summed E-state index contributed by atoms with van der Waals surface area (Å²) in [6, 6.07) is 0. The molecule has 17 nitrogen and oxygen atoms in total. The third-order valence-electron chi connectivity index (χ3n) is 11.1. The topological polar surface area (TPSA) is 237 Å². The Kier molecular flexibility index (Phi) is 43.7. The minimum Gasteiger partial charge on any atom is -0.462 e. The molecule has 3 N–H and O–H groups in total. The van der Waals surface area contributed by atoms with Gasteiger partial charge in [0.2, 0.25) is 0 Å². The second-order valence-electron chi connectivity index (χ2n) is 17.8. The molecule has 19 heteroatoms.